The van der Waals surface area contributed by atoms with Gasteiger partial charge >= 0.3 is 5.97 Å². The van der Waals surface area contributed by atoms with E-state index in [0.717, 1.165) is 0 Å². The minimum atomic E-state index is -1.31. The second kappa shape index (κ2) is 6.69. The van der Waals surface area contributed by atoms with Gasteiger partial charge in [0.25, 0.3) is 0 Å². The Morgan fingerprint density at radius 3 is 2.89 bits per heavy atom. The zero-order chi connectivity index (χ0) is 13.5. The van der Waals surface area contributed by atoms with Crippen LogP contribution in [0.5, 0.6) is 0 Å². The summed E-state index contributed by atoms with van der Waals surface area (Å²) in [4.78, 5) is 15.3. The smallest absolute Gasteiger partial charge is 0.356 e. The first-order valence-corrected chi connectivity index (χ1v) is 5.47. The van der Waals surface area contributed by atoms with Gasteiger partial charge in [-0.3, -0.25) is 0 Å². The molecule has 2 N–H and O–H groups in total. The summed E-state index contributed by atoms with van der Waals surface area (Å²) in [6, 6.07) is 6.19. The number of carbonyl (C=O) groups is 1. The average Bonchev–Trinajstić information content (AvgIpc) is 2.38. The molecule has 0 aliphatic carbocycles. The molecule has 0 spiro atoms. The average molecular weight is 250 g/mol. The Balaban J connectivity index is 2.88. The van der Waals surface area contributed by atoms with Crippen LogP contribution in [0.15, 0.2) is 18.2 Å². The van der Waals surface area contributed by atoms with Crippen molar-refractivity contribution in [3.63, 3.8) is 0 Å². The van der Waals surface area contributed by atoms with Gasteiger partial charge in [-0.1, -0.05) is 6.07 Å². The molecule has 0 amide bonds. The Bertz CT molecular complexity index is 456. The maximum Gasteiger partial charge on any atom is 0.356 e. The minimum Gasteiger partial charge on any atom is -0.461 e. The predicted octanol–water partition coefficient (Wildman–Crippen LogP) is 0.566. The van der Waals surface area contributed by atoms with E-state index in [1.165, 1.54) is 18.2 Å². The number of carbonyl (C=O) groups excluding carboxylic acids is 1. The lowest BCUT2D eigenvalue weighted by atomic mass is 10.1. The number of aliphatic hydroxyl groups is 2. The molecule has 2 unspecified atom stereocenters. The van der Waals surface area contributed by atoms with Gasteiger partial charge in [-0.2, -0.15) is 5.26 Å². The van der Waals surface area contributed by atoms with Gasteiger partial charge < -0.3 is 14.9 Å². The van der Waals surface area contributed by atoms with Crippen LogP contribution in [0.1, 0.15) is 35.6 Å². The van der Waals surface area contributed by atoms with E-state index in [2.05, 4.69) is 4.98 Å². The number of ether oxygens (including phenoxy) is 1. The second-order valence-corrected chi connectivity index (χ2v) is 3.54. The molecule has 18 heavy (non-hydrogen) atoms. The molecule has 1 aromatic rings. The van der Waals surface area contributed by atoms with Crippen molar-refractivity contribution in [2.75, 3.05) is 6.61 Å². The lowest BCUT2D eigenvalue weighted by molar-refractivity contribution is 0.0186. The molecule has 0 radical (unpaired) electrons. The predicted molar refractivity (Wildman–Crippen MR) is 61.4 cm³/mol. The van der Waals surface area contributed by atoms with Crippen molar-refractivity contribution in [3.8, 4) is 6.07 Å². The summed E-state index contributed by atoms with van der Waals surface area (Å²) in [5.74, 6) is -0.596. The summed E-state index contributed by atoms with van der Waals surface area (Å²) in [7, 11) is 0. The topological polar surface area (TPSA) is 103 Å². The third-order valence-corrected chi connectivity index (χ3v) is 2.22. The first-order chi connectivity index (χ1) is 8.60. The molecule has 0 aliphatic rings. The van der Waals surface area contributed by atoms with Crippen molar-refractivity contribution in [2.24, 2.45) is 0 Å². The number of aromatic nitrogens is 1. The van der Waals surface area contributed by atoms with Gasteiger partial charge in [-0.05, 0) is 19.1 Å². The highest BCUT2D eigenvalue weighted by Crippen LogP contribution is 2.17. The first kappa shape index (κ1) is 14.1. The van der Waals surface area contributed by atoms with Gasteiger partial charge in [0.1, 0.15) is 11.8 Å². The standard InChI is InChI=1S/C12H14N2O4/c1-2-18-12(17)9-5-3-4-8(14-9)11(16)10(15)6-7-13/h3-5,10-11,15-16H,2,6H2,1H3. The highest BCUT2D eigenvalue weighted by Gasteiger charge is 2.20. The maximum atomic E-state index is 11.4. The zero-order valence-corrected chi connectivity index (χ0v) is 9.91. The monoisotopic (exact) mass is 250 g/mol. The van der Waals surface area contributed by atoms with Crippen LogP contribution in [0, 0.1) is 11.3 Å². The third-order valence-electron chi connectivity index (χ3n) is 2.22. The van der Waals surface area contributed by atoms with Crippen LogP contribution in [-0.4, -0.2) is 33.9 Å². The van der Waals surface area contributed by atoms with Crippen molar-refractivity contribution < 1.29 is 19.7 Å². The molecule has 0 aromatic carbocycles. The maximum absolute atomic E-state index is 11.4. The molecular formula is C12H14N2O4. The van der Waals surface area contributed by atoms with E-state index >= 15 is 0 Å². The van der Waals surface area contributed by atoms with Crippen LogP contribution in [-0.2, 0) is 4.74 Å². The largest absolute Gasteiger partial charge is 0.461 e. The van der Waals surface area contributed by atoms with E-state index < -0.39 is 18.2 Å². The summed E-state index contributed by atoms with van der Waals surface area (Å²) in [6.45, 7) is 1.90. The molecular weight excluding hydrogens is 236 g/mol. The van der Waals surface area contributed by atoms with Crippen LogP contribution in [0.2, 0.25) is 0 Å². The van der Waals surface area contributed by atoms with Crippen molar-refractivity contribution >= 4 is 5.97 Å². The van der Waals surface area contributed by atoms with E-state index in [1.54, 1.807) is 13.0 Å². The lowest BCUT2D eigenvalue weighted by Gasteiger charge is -2.14. The fourth-order valence-corrected chi connectivity index (χ4v) is 1.34. The van der Waals surface area contributed by atoms with Crippen molar-refractivity contribution in [3.05, 3.63) is 29.6 Å². The number of hydrogen-bond donors (Lipinski definition) is 2. The van der Waals surface area contributed by atoms with Gasteiger partial charge in [-0.25, -0.2) is 9.78 Å². The molecule has 0 saturated carbocycles. The summed E-state index contributed by atoms with van der Waals surface area (Å²) >= 11 is 0. The highest BCUT2D eigenvalue weighted by molar-refractivity contribution is 5.87. The molecule has 1 aromatic heterocycles. The molecule has 0 aliphatic heterocycles. The quantitative estimate of drug-likeness (QED) is 0.740. The molecule has 6 nitrogen and oxygen atoms in total. The Morgan fingerprint density at radius 1 is 1.56 bits per heavy atom. The highest BCUT2D eigenvalue weighted by atomic mass is 16.5. The van der Waals surface area contributed by atoms with Gasteiger partial charge in [0.15, 0.2) is 0 Å². The number of aliphatic hydroxyl groups excluding tert-OH is 2. The van der Waals surface area contributed by atoms with Crippen molar-refractivity contribution in [1.29, 1.82) is 5.26 Å². The Kier molecular flexibility index (Phi) is 5.24. The van der Waals surface area contributed by atoms with Crippen LogP contribution in [0.25, 0.3) is 0 Å². The number of nitriles is 1. The molecule has 96 valence electrons. The number of hydrogen-bond acceptors (Lipinski definition) is 6. The Morgan fingerprint density at radius 2 is 2.28 bits per heavy atom. The normalized spacial score (nSPS) is 13.4. The number of nitrogens with zero attached hydrogens (tertiary/aromatic N) is 2. The van der Waals surface area contributed by atoms with Crippen LogP contribution in [0.3, 0.4) is 0 Å². The molecule has 0 saturated heterocycles. The molecule has 2 atom stereocenters. The molecule has 6 heteroatoms. The second-order valence-electron chi connectivity index (χ2n) is 3.54. The van der Waals surface area contributed by atoms with Crippen LogP contribution >= 0.6 is 0 Å². The fourth-order valence-electron chi connectivity index (χ4n) is 1.34. The Hall–Kier alpha value is -1.97. The van der Waals surface area contributed by atoms with Crippen LogP contribution < -0.4 is 0 Å². The van der Waals surface area contributed by atoms with Gasteiger partial charge in [0, 0.05) is 0 Å². The van der Waals surface area contributed by atoms with Crippen molar-refractivity contribution in [1.82, 2.24) is 4.98 Å². The van der Waals surface area contributed by atoms with E-state index in [0.29, 0.717) is 0 Å². The van der Waals surface area contributed by atoms with Crippen LogP contribution in [0.4, 0.5) is 0 Å². The SMILES string of the molecule is CCOC(=O)c1cccc(C(O)C(O)CC#N)n1. The lowest BCUT2D eigenvalue weighted by Crippen LogP contribution is -2.19. The van der Waals surface area contributed by atoms with Gasteiger partial charge in [0.05, 0.1) is 30.9 Å². The fraction of sp³-hybridized carbons (Fsp3) is 0.417. The molecule has 0 bridgehead atoms. The van der Waals surface area contributed by atoms with E-state index in [4.69, 9.17) is 10.00 Å². The first-order valence-electron chi connectivity index (χ1n) is 5.47. The van der Waals surface area contributed by atoms with Gasteiger partial charge in [0.2, 0.25) is 0 Å². The summed E-state index contributed by atoms with van der Waals surface area (Å²) in [5, 5.41) is 27.6. The Labute approximate surface area is 104 Å². The molecule has 1 heterocycles. The summed E-state index contributed by atoms with van der Waals surface area (Å²) in [5.41, 5.74) is 0.181. The molecule has 0 fully saturated rings. The zero-order valence-electron chi connectivity index (χ0n) is 9.91. The van der Waals surface area contributed by atoms with E-state index in [-0.39, 0.29) is 24.4 Å². The van der Waals surface area contributed by atoms with Crippen molar-refractivity contribution in [2.45, 2.75) is 25.6 Å². The van der Waals surface area contributed by atoms with E-state index in [1.807, 2.05) is 0 Å². The van der Waals surface area contributed by atoms with E-state index in [9.17, 15) is 15.0 Å². The third kappa shape index (κ3) is 3.52. The summed E-state index contributed by atoms with van der Waals surface area (Å²) < 4.78 is 4.77. The minimum absolute atomic E-state index is 0.0533. The number of esters is 1. The van der Waals surface area contributed by atoms with Gasteiger partial charge in [-0.15, -0.1) is 0 Å². The number of rotatable bonds is 5. The number of pyridine rings is 1. The summed E-state index contributed by atoms with van der Waals surface area (Å²) in [6.07, 6.45) is -2.76. The molecule has 1 rings (SSSR count).